The van der Waals surface area contributed by atoms with E-state index in [0.717, 1.165) is 65.8 Å². The molecule has 146 valence electrons. The third-order valence-corrected chi connectivity index (χ3v) is 7.32. The number of para-hydroxylation sites is 1. The lowest BCUT2D eigenvalue weighted by Crippen LogP contribution is -2.46. The van der Waals surface area contributed by atoms with E-state index in [1.807, 2.05) is 18.2 Å². The van der Waals surface area contributed by atoms with Crippen LogP contribution in [-0.2, 0) is 19.4 Å². The molecular formula is C21H23ClN4OS. The van der Waals surface area contributed by atoms with Crippen LogP contribution in [0, 0.1) is 0 Å². The van der Waals surface area contributed by atoms with Gasteiger partial charge in [-0.1, -0.05) is 23.7 Å². The molecule has 0 spiro atoms. The van der Waals surface area contributed by atoms with E-state index >= 15 is 0 Å². The van der Waals surface area contributed by atoms with Gasteiger partial charge in [0.25, 0.3) is 5.56 Å². The number of rotatable bonds is 3. The summed E-state index contributed by atoms with van der Waals surface area (Å²) in [6.45, 7) is 4.37. The summed E-state index contributed by atoms with van der Waals surface area (Å²) in [5, 5.41) is 1.64. The van der Waals surface area contributed by atoms with Crippen molar-refractivity contribution in [2.75, 3.05) is 31.1 Å². The molecule has 0 unspecified atom stereocenters. The van der Waals surface area contributed by atoms with Gasteiger partial charge in [-0.25, -0.2) is 4.98 Å². The molecule has 7 heteroatoms. The molecule has 1 fully saturated rings. The highest BCUT2D eigenvalue weighted by Crippen LogP contribution is 2.33. The average Bonchev–Trinajstić information content (AvgIpc) is 3.08. The summed E-state index contributed by atoms with van der Waals surface area (Å²) in [5.41, 5.74) is 2.38. The smallest absolute Gasteiger partial charge is 0.259 e. The van der Waals surface area contributed by atoms with Gasteiger partial charge in [-0.3, -0.25) is 9.69 Å². The summed E-state index contributed by atoms with van der Waals surface area (Å²) in [6, 6.07) is 8.00. The van der Waals surface area contributed by atoms with Crippen molar-refractivity contribution in [1.29, 1.82) is 0 Å². The Morgan fingerprint density at radius 1 is 1.11 bits per heavy atom. The standard InChI is InChI=1S/C21H23ClN4OS/c22-15-6-2-3-7-16(15)26-11-9-25(10-12-26)13-18-23-20(27)19-14-5-1-4-8-17(14)28-21(19)24-18/h2-3,6-7H,1,4-5,8-13H2,(H,23,24,27). The number of piperazine rings is 1. The van der Waals surface area contributed by atoms with Crippen molar-refractivity contribution < 1.29 is 0 Å². The summed E-state index contributed by atoms with van der Waals surface area (Å²) in [5.74, 6) is 0.780. The Bertz CT molecular complexity index is 1070. The highest BCUT2D eigenvalue weighted by atomic mass is 35.5. The number of fused-ring (bicyclic) bond motifs is 3. The van der Waals surface area contributed by atoms with Crippen molar-refractivity contribution in [2.45, 2.75) is 32.2 Å². The maximum atomic E-state index is 12.7. The second-order valence-corrected chi connectivity index (χ2v) is 9.11. The van der Waals surface area contributed by atoms with Crippen molar-refractivity contribution >= 4 is 38.8 Å². The number of anilines is 1. The van der Waals surface area contributed by atoms with E-state index in [9.17, 15) is 4.79 Å². The first kappa shape index (κ1) is 18.2. The zero-order valence-corrected chi connectivity index (χ0v) is 17.3. The lowest BCUT2D eigenvalue weighted by molar-refractivity contribution is 0.244. The summed E-state index contributed by atoms with van der Waals surface area (Å²) >= 11 is 8.05. The molecule has 3 heterocycles. The molecular weight excluding hydrogens is 392 g/mol. The quantitative estimate of drug-likeness (QED) is 0.707. The molecule has 0 amide bonds. The number of hydrogen-bond acceptors (Lipinski definition) is 5. The van der Waals surface area contributed by atoms with Crippen molar-refractivity contribution in [3.05, 3.63) is 55.9 Å². The fraction of sp³-hybridized carbons (Fsp3) is 0.429. The van der Waals surface area contributed by atoms with E-state index in [-0.39, 0.29) is 5.56 Å². The first-order valence-electron chi connectivity index (χ1n) is 9.94. The van der Waals surface area contributed by atoms with Gasteiger partial charge < -0.3 is 9.88 Å². The van der Waals surface area contributed by atoms with E-state index in [2.05, 4.69) is 20.9 Å². The van der Waals surface area contributed by atoms with Crippen LogP contribution in [0.5, 0.6) is 0 Å². The van der Waals surface area contributed by atoms with E-state index in [0.29, 0.717) is 6.54 Å². The van der Waals surface area contributed by atoms with Crippen LogP contribution in [0.25, 0.3) is 10.2 Å². The minimum atomic E-state index is 0.0362. The number of H-pyrrole nitrogens is 1. The number of aromatic nitrogens is 2. The number of nitrogens with zero attached hydrogens (tertiary/aromatic N) is 3. The minimum absolute atomic E-state index is 0.0362. The maximum Gasteiger partial charge on any atom is 0.259 e. The zero-order chi connectivity index (χ0) is 19.1. The molecule has 1 saturated heterocycles. The zero-order valence-electron chi connectivity index (χ0n) is 15.7. The Kier molecular flexibility index (Phi) is 4.87. The number of halogens is 1. The maximum absolute atomic E-state index is 12.7. The molecule has 5 nitrogen and oxygen atoms in total. The molecule has 1 aromatic carbocycles. The lowest BCUT2D eigenvalue weighted by Gasteiger charge is -2.36. The Morgan fingerprint density at radius 2 is 1.89 bits per heavy atom. The van der Waals surface area contributed by atoms with Gasteiger partial charge in [0, 0.05) is 31.1 Å². The number of nitrogens with one attached hydrogen (secondary N) is 1. The molecule has 1 N–H and O–H groups in total. The first-order chi connectivity index (χ1) is 13.7. The molecule has 1 aliphatic heterocycles. The summed E-state index contributed by atoms with van der Waals surface area (Å²) < 4.78 is 0. The normalized spacial score (nSPS) is 17.8. The second-order valence-electron chi connectivity index (χ2n) is 7.62. The summed E-state index contributed by atoms with van der Waals surface area (Å²) in [7, 11) is 0. The third kappa shape index (κ3) is 3.34. The van der Waals surface area contributed by atoms with Crippen LogP contribution in [-0.4, -0.2) is 41.0 Å². The minimum Gasteiger partial charge on any atom is -0.368 e. The number of aryl methyl sites for hydroxylation is 2. The Labute approximate surface area is 173 Å². The molecule has 1 aliphatic carbocycles. The molecule has 5 rings (SSSR count). The van der Waals surface area contributed by atoms with E-state index in [1.54, 1.807) is 11.3 Å². The third-order valence-electron chi connectivity index (χ3n) is 5.81. The van der Waals surface area contributed by atoms with Crippen LogP contribution in [0.15, 0.2) is 29.1 Å². The topological polar surface area (TPSA) is 52.2 Å². The molecule has 28 heavy (non-hydrogen) atoms. The van der Waals surface area contributed by atoms with Crippen molar-refractivity contribution in [3.63, 3.8) is 0 Å². The van der Waals surface area contributed by atoms with Crippen LogP contribution in [0.1, 0.15) is 29.1 Å². The second kappa shape index (κ2) is 7.50. The van der Waals surface area contributed by atoms with E-state index < -0.39 is 0 Å². The number of benzene rings is 1. The lowest BCUT2D eigenvalue weighted by atomic mass is 9.97. The SMILES string of the molecule is O=c1[nH]c(CN2CCN(c3ccccc3Cl)CC2)nc2sc3c(c12)CCCC3. The van der Waals surface area contributed by atoms with Crippen molar-refractivity contribution in [2.24, 2.45) is 0 Å². The number of thiophene rings is 1. The van der Waals surface area contributed by atoms with Crippen LogP contribution in [0.3, 0.4) is 0 Å². The van der Waals surface area contributed by atoms with Gasteiger partial charge in [0.2, 0.25) is 0 Å². The Morgan fingerprint density at radius 3 is 2.71 bits per heavy atom. The predicted octanol–water partition coefficient (Wildman–Crippen LogP) is 3.84. The average molecular weight is 415 g/mol. The van der Waals surface area contributed by atoms with Crippen LogP contribution < -0.4 is 10.5 Å². The molecule has 3 aromatic rings. The molecule has 0 bridgehead atoms. The molecule has 0 saturated carbocycles. The van der Waals surface area contributed by atoms with Gasteiger partial charge in [0.1, 0.15) is 10.7 Å². The van der Waals surface area contributed by atoms with E-state index in [1.165, 1.54) is 23.3 Å². The van der Waals surface area contributed by atoms with Crippen molar-refractivity contribution in [1.82, 2.24) is 14.9 Å². The van der Waals surface area contributed by atoms with Crippen LogP contribution >= 0.6 is 22.9 Å². The highest BCUT2D eigenvalue weighted by molar-refractivity contribution is 7.18. The van der Waals surface area contributed by atoms with Crippen LogP contribution in [0.2, 0.25) is 5.02 Å². The molecule has 0 atom stereocenters. The first-order valence-corrected chi connectivity index (χ1v) is 11.1. The summed E-state index contributed by atoms with van der Waals surface area (Å²) in [4.78, 5) is 27.5. The largest absolute Gasteiger partial charge is 0.368 e. The van der Waals surface area contributed by atoms with Gasteiger partial charge in [-0.2, -0.15) is 0 Å². The molecule has 2 aromatic heterocycles. The van der Waals surface area contributed by atoms with Gasteiger partial charge in [-0.15, -0.1) is 11.3 Å². The monoisotopic (exact) mass is 414 g/mol. The fourth-order valence-corrected chi connectivity index (χ4v) is 5.89. The molecule has 0 radical (unpaired) electrons. The van der Waals surface area contributed by atoms with Gasteiger partial charge in [0.05, 0.1) is 22.6 Å². The summed E-state index contributed by atoms with van der Waals surface area (Å²) in [6.07, 6.45) is 4.51. The van der Waals surface area contributed by atoms with Crippen molar-refractivity contribution in [3.8, 4) is 0 Å². The predicted molar refractivity (Wildman–Crippen MR) is 116 cm³/mol. The Balaban J connectivity index is 1.31. The van der Waals surface area contributed by atoms with Gasteiger partial charge >= 0.3 is 0 Å². The van der Waals surface area contributed by atoms with Gasteiger partial charge in [0.15, 0.2) is 0 Å². The number of aromatic amines is 1. The van der Waals surface area contributed by atoms with Crippen LogP contribution in [0.4, 0.5) is 5.69 Å². The number of hydrogen-bond donors (Lipinski definition) is 1. The Hall–Kier alpha value is -1.89. The van der Waals surface area contributed by atoms with E-state index in [4.69, 9.17) is 16.6 Å². The molecule has 2 aliphatic rings. The van der Waals surface area contributed by atoms with Gasteiger partial charge in [-0.05, 0) is 43.4 Å². The highest BCUT2D eigenvalue weighted by Gasteiger charge is 2.22. The fourth-order valence-electron chi connectivity index (χ4n) is 4.35.